The van der Waals surface area contributed by atoms with Crippen LogP contribution in [0.1, 0.15) is 17.8 Å². The molecule has 4 nitrogen and oxygen atoms in total. The Balaban J connectivity index is 2.67. The first-order valence-electron chi connectivity index (χ1n) is 4.40. The average molecular weight is 269 g/mol. The number of nitrogens with one attached hydrogen (secondary N) is 1. The Morgan fingerprint density at radius 2 is 2.27 bits per heavy atom. The maximum Gasteiger partial charge on any atom is 0.213 e. The van der Waals surface area contributed by atoms with Crippen LogP contribution in [-0.4, -0.2) is 20.7 Å². The van der Waals surface area contributed by atoms with Crippen molar-refractivity contribution in [3.63, 3.8) is 0 Å². The molecule has 0 radical (unpaired) electrons. The molecule has 86 valence electrons. The van der Waals surface area contributed by atoms with Gasteiger partial charge in [0.2, 0.25) is 10.0 Å². The molecule has 3 N–H and O–H groups in total. The molecule has 1 aromatic rings. The minimum atomic E-state index is -3.28. The summed E-state index contributed by atoms with van der Waals surface area (Å²) in [6, 6.07) is 3.29. The van der Waals surface area contributed by atoms with Gasteiger partial charge in [-0.05, 0) is 19.1 Å². The summed E-state index contributed by atoms with van der Waals surface area (Å²) >= 11 is 7.12. The van der Waals surface area contributed by atoms with E-state index >= 15 is 0 Å². The van der Waals surface area contributed by atoms with Gasteiger partial charge in [0.05, 0.1) is 16.1 Å². The predicted molar refractivity (Wildman–Crippen MR) is 63.7 cm³/mol. The lowest BCUT2D eigenvalue weighted by Gasteiger charge is -2.11. The number of halogens is 1. The molecule has 1 atom stereocenters. The van der Waals surface area contributed by atoms with Crippen LogP contribution in [0.2, 0.25) is 4.34 Å². The van der Waals surface area contributed by atoms with E-state index in [0.29, 0.717) is 4.34 Å². The minimum Gasteiger partial charge on any atom is -0.329 e. The van der Waals surface area contributed by atoms with E-state index in [4.69, 9.17) is 17.3 Å². The van der Waals surface area contributed by atoms with Gasteiger partial charge in [0.25, 0.3) is 0 Å². The number of sulfonamides is 1. The monoisotopic (exact) mass is 268 g/mol. The molecule has 15 heavy (non-hydrogen) atoms. The van der Waals surface area contributed by atoms with E-state index < -0.39 is 10.0 Å². The Bertz CT molecular complexity index is 416. The van der Waals surface area contributed by atoms with Crippen LogP contribution in [0.5, 0.6) is 0 Å². The van der Waals surface area contributed by atoms with Gasteiger partial charge in [0.15, 0.2) is 0 Å². The molecule has 0 spiro atoms. The van der Waals surface area contributed by atoms with Gasteiger partial charge in [0, 0.05) is 11.4 Å². The van der Waals surface area contributed by atoms with Crippen molar-refractivity contribution >= 4 is 33.0 Å². The van der Waals surface area contributed by atoms with Crippen molar-refractivity contribution in [3.8, 4) is 0 Å². The number of hydrogen-bond donors (Lipinski definition) is 2. The van der Waals surface area contributed by atoms with Crippen molar-refractivity contribution in [3.05, 3.63) is 21.3 Å². The van der Waals surface area contributed by atoms with Crippen molar-refractivity contribution in [1.82, 2.24) is 4.72 Å². The molecule has 7 heteroatoms. The average Bonchev–Trinajstić information content (AvgIpc) is 2.50. The summed E-state index contributed by atoms with van der Waals surface area (Å²) in [6.45, 7) is 1.89. The Morgan fingerprint density at radius 3 is 2.73 bits per heavy atom. The van der Waals surface area contributed by atoms with Gasteiger partial charge < -0.3 is 5.73 Å². The summed E-state index contributed by atoms with van der Waals surface area (Å²) in [4.78, 5) is 0.889. The molecule has 1 rings (SSSR count). The zero-order valence-corrected chi connectivity index (χ0v) is 10.6. The molecule has 0 aliphatic rings. The Labute approximate surface area is 98.5 Å². The fraction of sp³-hybridized carbons (Fsp3) is 0.500. The van der Waals surface area contributed by atoms with Crippen molar-refractivity contribution in [2.45, 2.75) is 13.0 Å². The number of hydrogen-bond acceptors (Lipinski definition) is 4. The molecule has 1 aromatic heterocycles. The van der Waals surface area contributed by atoms with Gasteiger partial charge >= 0.3 is 0 Å². The summed E-state index contributed by atoms with van der Waals surface area (Å²) in [7, 11) is -3.28. The normalized spacial score (nSPS) is 14.1. The molecule has 0 amide bonds. The second-order valence-corrected chi connectivity index (χ2v) is 6.71. The van der Waals surface area contributed by atoms with Crippen LogP contribution in [0.15, 0.2) is 12.1 Å². The molecular weight excluding hydrogens is 256 g/mol. The molecule has 0 bridgehead atoms. The van der Waals surface area contributed by atoms with Gasteiger partial charge in [-0.15, -0.1) is 11.3 Å². The van der Waals surface area contributed by atoms with Crippen LogP contribution >= 0.6 is 22.9 Å². The van der Waals surface area contributed by atoms with Crippen molar-refractivity contribution in [1.29, 1.82) is 0 Å². The third-order valence-corrected chi connectivity index (χ3v) is 4.66. The lowest BCUT2D eigenvalue weighted by molar-refractivity contribution is 0.568. The van der Waals surface area contributed by atoms with Crippen LogP contribution in [-0.2, 0) is 10.0 Å². The maximum atomic E-state index is 11.4. The lowest BCUT2D eigenvalue weighted by atomic mass is 10.3. The fourth-order valence-electron chi connectivity index (χ4n) is 1.10. The largest absolute Gasteiger partial charge is 0.329 e. The van der Waals surface area contributed by atoms with E-state index in [-0.39, 0.29) is 18.3 Å². The van der Waals surface area contributed by atoms with E-state index in [2.05, 4.69) is 4.72 Å². The van der Waals surface area contributed by atoms with E-state index in [1.807, 2.05) is 6.07 Å². The molecular formula is C8H13ClN2O2S2. The highest BCUT2D eigenvalue weighted by Gasteiger charge is 2.15. The minimum absolute atomic E-state index is 0.0591. The molecule has 0 aliphatic heterocycles. The standard InChI is InChI=1S/C8H13ClN2O2S2/c1-6(7-2-3-8(9)14-7)11-15(12,13)5-4-10/h2-3,6,11H,4-5,10H2,1H3. The molecule has 0 aliphatic carbocycles. The van der Waals surface area contributed by atoms with Gasteiger partial charge in [-0.3, -0.25) is 0 Å². The molecule has 0 aromatic carbocycles. The molecule has 0 saturated heterocycles. The summed E-state index contributed by atoms with van der Waals surface area (Å²) in [5.41, 5.74) is 5.20. The highest BCUT2D eigenvalue weighted by atomic mass is 35.5. The van der Waals surface area contributed by atoms with Crippen molar-refractivity contribution < 1.29 is 8.42 Å². The van der Waals surface area contributed by atoms with Gasteiger partial charge in [-0.25, -0.2) is 13.1 Å². The van der Waals surface area contributed by atoms with E-state index in [0.717, 1.165) is 4.88 Å². The van der Waals surface area contributed by atoms with Crippen LogP contribution in [0, 0.1) is 0 Å². The Morgan fingerprint density at radius 1 is 1.60 bits per heavy atom. The molecule has 1 unspecified atom stereocenters. The van der Waals surface area contributed by atoms with Gasteiger partial charge in [-0.1, -0.05) is 11.6 Å². The Hall–Kier alpha value is -0.140. The molecule has 0 saturated carbocycles. The van der Waals surface area contributed by atoms with E-state index in [1.54, 1.807) is 13.0 Å². The van der Waals surface area contributed by atoms with Crippen LogP contribution in [0.25, 0.3) is 0 Å². The third kappa shape index (κ3) is 4.08. The van der Waals surface area contributed by atoms with E-state index in [1.165, 1.54) is 11.3 Å². The number of rotatable bonds is 5. The second kappa shape index (κ2) is 5.27. The van der Waals surface area contributed by atoms with Crippen molar-refractivity contribution in [2.75, 3.05) is 12.3 Å². The van der Waals surface area contributed by atoms with Crippen LogP contribution in [0.4, 0.5) is 0 Å². The second-order valence-electron chi connectivity index (χ2n) is 3.09. The van der Waals surface area contributed by atoms with Crippen LogP contribution < -0.4 is 10.5 Å². The first-order valence-corrected chi connectivity index (χ1v) is 7.24. The predicted octanol–water partition coefficient (Wildman–Crippen LogP) is 1.34. The van der Waals surface area contributed by atoms with Crippen LogP contribution in [0.3, 0.4) is 0 Å². The summed E-state index contributed by atoms with van der Waals surface area (Å²) in [6.07, 6.45) is 0. The molecule has 1 heterocycles. The SMILES string of the molecule is CC(NS(=O)(=O)CCN)c1ccc(Cl)s1. The number of thiophene rings is 1. The smallest absolute Gasteiger partial charge is 0.213 e. The quantitative estimate of drug-likeness (QED) is 0.847. The summed E-state index contributed by atoms with van der Waals surface area (Å²) < 4.78 is 26.0. The van der Waals surface area contributed by atoms with Gasteiger partial charge in [-0.2, -0.15) is 0 Å². The lowest BCUT2D eigenvalue weighted by Crippen LogP contribution is -2.31. The first kappa shape index (κ1) is 12.9. The first-order chi connectivity index (χ1) is 6.94. The van der Waals surface area contributed by atoms with Crippen molar-refractivity contribution in [2.24, 2.45) is 5.73 Å². The highest BCUT2D eigenvalue weighted by Crippen LogP contribution is 2.26. The summed E-state index contributed by atoms with van der Waals surface area (Å²) in [5.74, 6) is -0.0591. The van der Waals surface area contributed by atoms with E-state index in [9.17, 15) is 8.42 Å². The number of nitrogens with two attached hydrogens (primary N) is 1. The summed E-state index contributed by atoms with van der Waals surface area (Å²) in [5, 5.41) is 0. The topological polar surface area (TPSA) is 72.2 Å². The maximum absolute atomic E-state index is 11.4. The zero-order valence-electron chi connectivity index (χ0n) is 8.23. The Kier molecular flexibility index (Phi) is 4.54. The molecule has 0 fully saturated rings. The fourth-order valence-corrected chi connectivity index (χ4v) is 3.33. The zero-order chi connectivity index (χ0) is 11.5. The third-order valence-electron chi connectivity index (χ3n) is 1.76. The van der Waals surface area contributed by atoms with Gasteiger partial charge in [0.1, 0.15) is 0 Å². The highest BCUT2D eigenvalue weighted by molar-refractivity contribution is 7.89.